The summed E-state index contributed by atoms with van der Waals surface area (Å²) in [6, 6.07) is 12.4. The van der Waals surface area contributed by atoms with E-state index in [1.54, 1.807) is 24.3 Å². The lowest BCUT2D eigenvalue weighted by atomic mass is 9.84. The fraction of sp³-hybridized carbons (Fsp3) is 0.360. The minimum absolute atomic E-state index is 0.107. The molecule has 1 aliphatic rings. The molecule has 0 aromatic heterocycles. The van der Waals surface area contributed by atoms with Crippen molar-refractivity contribution in [3.8, 4) is 5.75 Å². The topological polar surface area (TPSA) is 58.6 Å². The molecule has 0 aliphatic carbocycles. The third-order valence-electron chi connectivity index (χ3n) is 5.74. The van der Waals surface area contributed by atoms with E-state index in [4.69, 9.17) is 4.74 Å². The van der Waals surface area contributed by atoms with Gasteiger partial charge in [0.25, 0.3) is 0 Å². The Morgan fingerprint density at radius 1 is 1.19 bits per heavy atom. The highest BCUT2D eigenvalue weighted by Gasteiger charge is 2.33. The van der Waals surface area contributed by atoms with Gasteiger partial charge in [-0.1, -0.05) is 37.3 Å². The van der Waals surface area contributed by atoms with Crippen molar-refractivity contribution in [1.82, 2.24) is 5.32 Å². The molecule has 0 spiro atoms. The van der Waals surface area contributed by atoms with Crippen molar-refractivity contribution in [1.29, 1.82) is 0 Å². The van der Waals surface area contributed by atoms with Gasteiger partial charge in [-0.05, 0) is 49.6 Å². The first-order valence-corrected chi connectivity index (χ1v) is 10.7. The highest BCUT2D eigenvalue weighted by molar-refractivity contribution is 5.89. The van der Waals surface area contributed by atoms with Crippen molar-refractivity contribution in [2.24, 2.45) is 5.92 Å². The van der Waals surface area contributed by atoms with Crippen LogP contribution in [-0.4, -0.2) is 31.5 Å². The standard InChI is InChI=1S/C25H29FN2O3/c1-4-28(5-2)19-10-11-20-17(3)21(25(30)31-23(20)16-19)12-13-24(29)27-15-14-18-8-6-7-9-22(18)26/h6-13,16-17,21H,4-5,14-15H2,1-3H3,(H,27,29). The van der Waals surface area contributed by atoms with Crippen LogP contribution in [-0.2, 0) is 16.0 Å². The number of hydrogen-bond donors (Lipinski definition) is 1. The quantitative estimate of drug-likeness (QED) is 0.392. The van der Waals surface area contributed by atoms with Gasteiger partial charge in [0.2, 0.25) is 5.91 Å². The van der Waals surface area contributed by atoms with Crippen LogP contribution in [0.25, 0.3) is 0 Å². The van der Waals surface area contributed by atoms with Gasteiger partial charge in [-0.3, -0.25) is 9.59 Å². The molecule has 2 atom stereocenters. The number of halogens is 1. The van der Waals surface area contributed by atoms with Gasteiger partial charge in [-0.2, -0.15) is 0 Å². The van der Waals surface area contributed by atoms with Crippen LogP contribution in [0.1, 0.15) is 37.8 Å². The molecule has 1 heterocycles. The van der Waals surface area contributed by atoms with E-state index in [9.17, 15) is 14.0 Å². The van der Waals surface area contributed by atoms with Gasteiger partial charge in [0.05, 0.1) is 5.92 Å². The van der Waals surface area contributed by atoms with Crippen LogP contribution in [0.4, 0.5) is 10.1 Å². The Balaban J connectivity index is 1.62. The highest BCUT2D eigenvalue weighted by Crippen LogP contribution is 2.40. The minimum atomic E-state index is -0.538. The fourth-order valence-corrected chi connectivity index (χ4v) is 3.86. The lowest BCUT2D eigenvalue weighted by Gasteiger charge is -2.29. The van der Waals surface area contributed by atoms with Crippen molar-refractivity contribution < 1.29 is 18.7 Å². The maximum atomic E-state index is 13.6. The maximum Gasteiger partial charge on any atom is 0.318 e. The molecule has 1 N–H and O–H groups in total. The summed E-state index contributed by atoms with van der Waals surface area (Å²) in [6.07, 6.45) is 3.35. The van der Waals surface area contributed by atoms with Crippen LogP contribution >= 0.6 is 0 Å². The lowest BCUT2D eigenvalue weighted by molar-refractivity contribution is -0.139. The van der Waals surface area contributed by atoms with Gasteiger partial charge in [0.1, 0.15) is 11.6 Å². The molecular formula is C25H29FN2O3. The number of carbonyl (C=O) groups excluding carboxylic acids is 2. The molecule has 5 nitrogen and oxygen atoms in total. The first-order valence-electron chi connectivity index (χ1n) is 10.7. The summed E-state index contributed by atoms with van der Waals surface area (Å²) in [5, 5.41) is 2.73. The fourth-order valence-electron chi connectivity index (χ4n) is 3.86. The molecule has 0 fully saturated rings. The molecule has 3 rings (SSSR count). The largest absolute Gasteiger partial charge is 0.426 e. The first kappa shape index (κ1) is 22.5. The van der Waals surface area contributed by atoms with Gasteiger partial charge in [0.15, 0.2) is 0 Å². The van der Waals surface area contributed by atoms with Crippen LogP contribution in [0.15, 0.2) is 54.6 Å². The number of nitrogens with one attached hydrogen (secondary N) is 1. The average Bonchev–Trinajstić information content (AvgIpc) is 2.75. The van der Waals surface area contributed by atoms with Crippen LogP contribution < -0.4 is 15.0 Å². The van der Waals surface area contributed by atoms with E-state index in [-0.39, 0.29) is 23.6 Å². The Hall–Kier alpha value is -3.15. The summed E-state index contributed by atoms with van der Waals surface area (Å²) in [5.41, 5.74) is 2.52. The van der Waals surface area contributed by atoms with Gasteiger partial charge in [0, 0.05) is 37.3 Å². The Bertz CT molecular complexity index is 969. The van der Waals surface area contributed by atoms with E-state index in [0.29, 0.717) is 24.3 Å². The Kier molecular flexibility index (Phi) is 7.45. The molecule has 2 aromatic rings. The second-order valence-electron chi connectivity index (χ2n) is 7.62. The van der Waals surface area contributed by atoms with Crippen LogP contribution in [0, 0.1) is 11.7 Å². The number of benzene rings is 2. The van der Waals surface area contributed by atoms with E-state index < -0.39 is 5.92 Å². The summed E-state index contributed by atoms with van der Waals surface area (Å²) >= 11 is 0. The van der Waals surface area contributed by atoms with E-state index in [1.165, 1.54) is 12.1 Å². The summed E-state index contributed by atoms with van der Waals surface area (Å²) in [6.45, 7) is 8.18. The molecule has 0 bridgehead atoms. The monoisotopic (exact) mass is 424 g/mol. The van der Waals surface area contributed by atoms with Gasteiger partial charge in [-0.25, -0.2) is 4.39 Å². The third-order valence-corrected chi connectivity index (χ3v) is 5.74. The predicted molar refractivity (Wildman–Crippen MR) is 120 cm³/mol. The lowest BCUT2D eigenvalue weighted by Crippen LogP contribution is -2.30. The minimum Gasteiger partial charge on any atom is -0.426 e. The normalized spacial score (nSPS) is 17.9. The molecule has 31 heavy (non-hydrogen) atoms. The summed E-state index contributed by atoms with van der Waals surface area (Å²) in [5.74, 6) is -1.03. The van der Waals surface area contributed by atoms with Crippen molar-refractivity contribution in [3.63, 3.8) is 0 Å². The molecule has 0 saturated heterocycles. The highest BCUT2D eigenvalue weighted by atomic mass is 19.1. The smallest absolute Gasteiger partial charge is 0.318 e. The number of carbonyl (C=O) groups is 2. The number of anilines is 1. The SMILES string of the molecule is CCN(CC)c1ccc2c(c1)OC(=O)C(C=CC(=O)NCCc1ccccc1F)C2C. The number of ether oxygens (including phenoxy) is 1. The molecule has 0 radical (unpaired) electrons. The average molecular weight is 425 g/mol. The predicted octanol–water partition coefficient (Wildman–Crippen LogP) is 4.23. The van der Waals surface area contributed by atoms with Crippen LogP contribution in [0.5, 0.6) is 5.75 Å². The molecular weight excluding hydrogens is 395 g/mol. The number of hydrogen-bond acceptors (Lipinski definition) is 4. The first-order chi connectivity index (χ1) is 14.9. The van der Waals surface area contributed by atoms with Gasteiger partial charge in [-0.15, -0.1) is 0 Å². The van der Waals surface area contributed by atoms with Crippen molar-refractivity contribution in [3.05, 3.63) is 71.6 Å². The van der Waals surface area contributed by atoms with E-state index in [1.807, 2.05) is 25.1 Å². The zero-order valence-electron chi connectivity index (χ0n) is 18.2. The summed E-state index contributed by atoms with van der Waals surface area (Å²) in [4.78, 5) is 26.9. The zero-order chi connectivity index (χ0) is 22.4. The Morgan fingerprint density at radius 3 is 2.65 bits per heavy atom. The van der Waals surface area contributed by atoms with Crippen molar-refractivity contribution in [2.45, 2.75) is 33.1 Å². The molecule has 0 saturated carbocycles. The Morgan fingerprint density at radius 2 is 1.94 bits per heavy atom. The second-order valence-corrected chi connectivity index (χ2v) is 7.62. The summed E-state index contributed by atoms with van der Waals surface area (Å²) < 4.78 is 19.2. The number of rotatable bonds is 8. The van der Waals surface area contributed by atoms with Crippen LogP contribution in [0.3, 0.4) is 0 Å². The summed E-state index contributed by atoms with van der Waals surface area (Å²) in [7, 11) is 0. The molecule has 2 aromatic carbocycles. The molecule has 2 unspecified atom stereocenters. The molecule has 1 aliphatic heterocycles. The molecule has 164 valence electrons. The van der Waals surface area contributed by atoms with E-state index >= 15 is 0 Å². The third kappa shape index (κ3) is 5.32. The van der Waals surface area contributed by atoms with Gasteiger partial charge < -0.3 is 15.0 Å². The number of esters is 1. The zero-order valence-corrected chi connectivity index (χ0v) is 18.2. The van der Waals surface area contributed by atoms with Crippen molar-refractivity contribution >= 4 is 17.6 Å². The van der Waals surface area contributed by atoms with Crippen molar-refractivity contribution in [2.75, 3.05) is 24.5 Å². The Labute approximate surface area is 182 Å². The molecule has 6 heteroatoms. The van der Waals surface area contributed by atoms with E-state index in [0.717, 1.165) is 24.3 Å². The molecule has 1 amide bonds. The number of fused-ring (bicyclic) bond motifs is 1. The van der Waals surface area contributed by atoms with Gasteiger partial charge >= 0.3 is 5.97 Å². The number of amides is 1. The van der Waals surface area contributed by atoms with Crippen LogP contribution in [0.2, 0.25) is 0 Å². The maximum absolute atomic E-state index is 13.6. The number of nitrogens with zero attached hydrogens (tertiary/aromatic N) is 1. The van der Waals surface area contributed by atoms with E-state index in [2.05, 4.69) is 24.1 Å². The second kappa shape index (κ2) is 10.2.